The van der Waals surface area contributed by atoms with Gasteiger partial charge in [0.2, 0.25) is 0 Å². The minimum atomic E-state index is 0.0206. The molecule has 1 aromatic rings. The Kier molecular flexibility index (Phi) is 5.07. The second kappa shape index (κ2) is 6.80. The number of hydrogen-bond donors (Lipinski definition) is 1. The SMILES string of the molecule is COc1cc(C(=O)N(C)CC2CCN(C)CC2)ccc1N. The molecule has 1 aromatic carbocycles. The maximum atomic E-state index is 12.5. The first kappa shape index (κ1) is 15.6. The van der Waals surface area contributed by atoms with Gasteiger partial charge in [0.1, 0.15) is 5.75 Å². The molecule has 1 aliphatic rings. The Balaban J connectivity index is 1.98. The molecule has 5 heteroatoms. The van der Waals surface area contributed by atoms with Crippen LogP contribution in [0.5, 0.6) is 5.75 Å². The van der Waals surface area contributed by atoms with Gasteiger partial charge in [-0.2, -0.15) is 0 Å². The average molecular weight is 291 g/mol. The third-order valence-electron chi connectivity index (χ3n) is 4.20. The van der Waals surface area contributed by atoms with Gasteiger partial charge in [0.05, 0.1) is 12.8 Å². The van der Waals surface area contributed by atoms with Crippen LogP contribution >= 0.6 is 0 Å². The van der Waals surface area contributed by atoms with Crippen LogP contribution in [-0.4, -0.2) is 56.5 Å². The molecule has 0 bridgehead atoms. The number of anilines is 1. The quantitative estimate of drug-likeness (QED) is 0.858. The Hall–Kier alpha value is -1.75. The van der Waals surface area contributed by atoms with Crippen molar-refractivity contribution in [2.24, 2.45) is 5.92 Å². The number of carbonyl (C=O) groups is 1. The van der Waals surface area contributed by atoms with Crippen LogP contribution in [0.4, 0.5) is 5.69 Å². The zero-order valence-corrected chi connectivity index (χ0v) is 13.1. The third-order valence-corrected chi connectivity index (χ3v) is 4.20. The van der Waals surface area contributed by atoms with Crippen LogP contribution in [0.3, 0.4) is 0 Å². The van der Waals surface area contributed by atoms with Gasteiger partial charge in [-0.15, -0.1) is 0 Å². The zero-order valence-electron chi connectivity index (χ0n) is 13.1. The van der Waals surface area contributed by atoms with Gasteiger partial charge in [-0.05, 0) is 57.1 Å². The Morgan fingerprint density at radius 2 is 2.10 bits per heavy atom. The number of nitrogens with zero attached hydrogens (tertiary/aromatic N) is 2. The van der Waals surface area contributed by atoms with Gasteiger partial charge in [-0.1, -0.05) is 0 Å². The summed E-state index contributed by atoms with van der Waals surface area (Å²) in [4.78, 5) is 16.6. The van der Waals surface area contributed by atoms with Crippen molar-refractivity contribution in [2.75, 3.05) is 46.6 Å². The fraction of sp³-hybridized carbons (Fsp3) is 0.562. The molecule has 0 aromatic heterocycles. The van der Waals surface area contributed by atoms with Gasteiger partial charge in [-0.3, -0.25) is 4.79 Å². The summed E-state index contributed by atoms with van der Waals surface area (Å²) in [5.41, 5.74) is 6.95. The van der Waals surface area contributed by atoms with E-state index in [2.05, 4.69) is 11.9 Å². The molecule has 1 saturated heterocycles. The lowest BCUT2D eigenvalue weighted by Crippen LogP contribution is -2.37. The number of amides is 1. The summed E-state index contributed by atoms with van der Waals surface area (Å²) in [5.74, 6) is 1.16. The van der Waals surface area contributed by atoms with Crippen molar-refractivity contribution < 1.29 is 9.53 Å². The van der Waals surface area contributed by atoms with E-state index in [9.17, 15) is 4.79 Å². The molecule has 0 atom stereocenters. The van der Waals surface area contributed by atoms with Crippen LogP contribution in [-0.2, 0) is 0 Å². The highest BCUT2D eigenvalue weighted by Gasteiger charge is 2.21. The molecule has 1 amide bonds. The number of rotatable bonds is 4. The van der Waals surface area contributed by atoms with Crippen molar-refractivity contribution in [2.45, 2.75) is 12.8 Å². The van der Waals surface area contributed by atoms with Gasteiger partial charge in [0.15, 0.2) is 0 Å². The molecule has 0 unspecified atom stereocenters. The molecule has 0 aliphatic carbocycles. The third kappa shape index (κ3) is 3.88. The van der Waals surface area contributed by atoms with Crippen LogP contribution in [0.2, 0.25) is 0 Å². The van der Waals surface area contributed by atoms with Gasteiger partial charge >= 0.3 is 0 Å². The molecule has 2 N–H and O–H groups in total. The van der Waals surface area contributed by atoms with E-state index in [1.54, 1.807) is 30.2 Å². The van der Waals surface area contributed by atoms with Gasteiger partial charge in [-0.25, -0.2) is 0 Å². The molecule has 21 heavy (non-hydrogen) atoms. The molecule has 2 rings (SSSR count). The first-order valence-corrected chi connectivity index (χ1v) is 7.38. The van der Waals surface area contributed by atoms with Crippen LogP contribution in [0.1, 0.15) is 23.2 Å². The highest BCUT2D eigenvalue weighted by molar-refractivity contribution is 5.95. The van der Waals surface area contributed by atoms with Crippen molar-refractivity contribution in [3.63, 3.8) is 0 Å². The second-order valence-corrected chi connectivity index (χ2v) is 5.89. The average Bonchev–Trinajstić information content (AvgIpc) is 2.49. The number of piperidine rings is 1. The van der Waals surface area contributed by atoms with Crippen LogP contribution < -0.4 is 10.5 Å². The molecule has 1 fully saturated rings. The summed E-state index contributed by atoms with van der Waals surface area (Å²) < 4.78 is 5.18. The maximum absolute atomic E-state index is 12.5. The van der Waals surface area contributed by atoms with E-state index in [1.165, 1.54) is 0 Å². The zero-order chi connectivity index (χ0) is 15.4. The second-order valence-electron chi connectivity index (χ2n) is 5.89. The van der Waals surface area contributed by atoms with Gasteiger partial charge in [0, 0.05) is 19.2 Å². The standard InChI is InChI=1S/C16H25N3O2/c1-18-8-6-12(7-9-18)11-19(2)16(20)13-4-5-14(17)15(10-13)21-3/h4-5,10,12H,6-9,11,17H2,1-3H3. The first-order valence-electron chi connectivity index (χ1n) is 7.38. The molecule has 1 aliphatic heterocycles. The Morgan fingerprint density at radius 3 is 2.71 bits per heavy atom. The number of benzene rings is 1. The number of ether oxygens (including phenoxy) is 1. The molecule has 116 valence electrons. The number of likely N-dealkylation sites (tertiary alicyclic amines) is 1. The number of hydrogen-bond acceptors (Lipinski definition) is 4. The lowest BCUT2D eigenvalue weighted by molar-refractivity contribution is 0.0747. The van der Waals surface area contributed by atoms with Gasteiger partial charge in [0.25, 0.3) is 5.91 Å². The molecule has 5 nitrogen and oxygen atoms in total. The monoisotopic (exact) mass is 291 g/mol. The van der Waals surface area contributed by atoms with Crippen LogP contribution in [0.25, 0.3) is 0 Å². The number of carbonyl (C=O) groups excluding carboxylic acids is 1. The largest absolute Gasteiger partial charge is 0.495 e. The smallest absolute Gasteiger partial charge is 0.253 e. The predicted molar refractivity (Wildman–Crippen MR) is 84.6 cm³/mol. The first-order chi connectivity index (χ1) is 10.0. The molecule has 0 radical (unpaired) electrons. The fourth-order valence-electron chi connectivity index (χ4n) is 2.78. The van der Waals surface area contributed by atoms with E-state index in [0.29, 0.717) is 22.9 Å². The van der Waals surface area contributed by atoms with Crippen LogP contribution in [0, 0.1) is 5.92 Å². The number of nitrogen functional groups attached to an aromatic ring is 1. The maximum Gasteiger partial charge on any atom is 0.253 e. The normalized spacial score (nSPS) is 16.7. The van der Waals surface area contributed by atoms with Crippen molar-refractivity contribution in [3.05, 3.63) is 23.8 Å². The molecule has 0 saturated carbocycles. The molecule has 1 heterocycles. The van der Waals surface area contributed by atoms with E-state index in [-0.39, 0.29) is 5.91 Å². The van der Waals surface area contributed by atoms with Crippen molar-refractivity contribution in [1.82, 2.24) is 9.80 Å². The highest BCUT2D eigenvalue weighted by Crippen LogP contribution is 2.23. The van der Waals surface area contributed by atoms with E-state index >= 15 is 0 Å². The van der Waals surface area contributed by atoms with E-state index in [1.807, 2.05) is 7.05 Å². The Bertz CT molecular complexity index is 496. The summed E-state index contributed by atoms with van der Waals surface area (Å²) in [6.07, 6.45) is 2.30. The minimum absolute atomic E-state index is 0.0206. The molecular weight excluding hydrogens is 266 g/mol. The number of nitrogens with two attached hydrogens (primary N) is 1. The van der Waals surface area contributed by atoms with Crippen molar-refractivity contribution in [1.29, 1.82) is 0 Å². The Morgan fingerprint density at radius 1 is 1.43 bits per heavy atom. The van der Waals surface area contributed by atoms with E-state index < -0.39 is 0 Å². The minimum Gasteiger partial charge on any atom is -0.495 e. The Labute approximate surface area is 126 Å². The number of methoxy groups -OCH3 is 1. The van der Waals surface area contributed by atoms with Crippen LogP contribution in [0.15, 0.2) is 18.2 Å². The van der Waals surface area contributed by atoms with E-state index in [4.69, 9.17) is 10.5 Å². The summed E-state index contributed by atoms with van der Waals surface area (Å²) in [6, 6.07) is 5.18. The van der Waals surface area contributed by atoms with Gasteiger partial charge < -0.3 is 20.3 Å². The summed E-state index contributed by atoms with van der Waals surface area (Å²) in [7, 11) is 5.57. The summed E-state index contributed by atoms with van der Waals surface area (Å²) in [6.45, 7) is 3.03. The fourth-order valence-corrected chi connectivity index (χ4v) is 2.78. The molecular formula is C16H25N3O2. The van der Waals surface area contributed by atoms with Crippen molar-refractivity contribution >= 4 is 11.6 Å². The van der Waals surface area contributed by atoms with E-state index in [0.717, 1.165) is 32.5 Å². The predicted octanol–water partition coefficient (Wildman–Crippen LogP) is 1.69. The van der Waals surface area contributed by atoms with Crippen molar-refractivity contribution in [3.8, 4) is 5.75 Å². The summed E-state index contributed by atoms with van der Waals surface area (Å²) in [5, 5.41) is 0. The lowest BCUT2D eigenvalue weighted by Gasteiger charge is -2.31. The highest BCUT2D eigenvalue weighted by atomic mass is 16.5. The summed E-state index contributed by atoms with van der Waals surface area (Å²) >= 11 is 0. The lowest BCUT2D eigenvalue weighted by atomic mass is 9.96. The topological polar surface area (TPSA) is 58.8 Å². The molecule has 0 spiro atoms.